The lowest BCUT2D eigenvalue weighted by Crippen LogP contribution is -2.33. The third kappa shape index (κ3) is 3.08. The lowest BCUT2D eigenvalue weighted by atomic mass is 10.2. The van der Waals surface area contributed by atoms with Crippen LogP contribution in [0.3, 0.4) is 0 Å². The number of aromatic amines is 1. The number of anilines is 2. The lowest BCUT2D eigenvalue weighted by molar-refractivity contribution is 0.0739. The summed E-state index contributed by atoms with van der Waals surface area (Å²) in [7, 11) is 0. The summed E-state index contributed by atoms with van der Waals surface area (Å²) in [6.07, 6.45) is 2.59. The normalized spacial score (nSPS) is 15.1. The molecule has 1 saturated heterocycles. The Balaban J connectivity index is 1.42. The molecule has 0 radical (unpaired) electrons. The number of ether oxygens (including phenoxy) is 1. The van der Waals surface area contributed by atoms with Gasteiger partial charge in [0.1, 0.15) is 11.2 Å². The largest absolute Gasteiger partial charge is 0.380 e. The first-order valence-corrected chi connectivity index (χ1v) is 9.89. The summed E-state index contributed by atoms with van der Waals surface area (Å²) in [5.41, 5.74) is 3.04. The zero-order chi connectivity index (χ0) is 18.9. The van der Waals surface area contributed by atoms with E-state index in [-0.39, 0.29) is 5.91 Å². The second-order valence-corrected chi connectivity index (χ2v) is 7.40. The molecule has 0 aliphatic carbocycles. The molecule has 1 aromatic carbocycles. The fraction of sp³-hybridized carbons (Fsp3) is 0.263. The number of amides is 1. The molecule has 8 nitrogen and oxygen atoms in total. The second kappa shape index (κ2) is 7.17. The Morgan fingerprint density at radius 3 is 3.18 bits per heavy atom. The third-order valence-corrected chi connectivity index (χ3v) is 5.58. The van der Waals surface area contributed by atoms with E-state index in [1.807, 2.05) is 35.2 Å². The van der Waals surface area contributed by atoms with Crippen molar-refractivity contribution in [2.24, 2.45) is 0 Å². The van der Waals surface area contributed by atoms with Gasteiger partial charge in [-0.2, -0.15) is 9.47 Å². The van der Waals surface area contributed by atoms with Gasteiger partial charge in [-0.15, -0.1) is 0 Å². The van der Waals surface area contributed by atoms with Gasteiger partial charge < -0.3 is 15.0 Å². The van der Waals surface area contributed by atoms with Crippen LogP contribution in [-0.2, 0) is 4.74 Å². The molecule has 9 heteroatoms. The standard InChI is InChI=1S/C19H18N6O2S/c26-19(25-7-2-9-27-10-8-25)16-13-5-4-12(11-15(13)28-24-16)21-18-17-14(22-23-18)3-1-6-20-17/h1,3-6,11H,2,7-10H2,(H2,21,22,23). The molecule has 1 aliphatic heterocycles. The van der Waals surface area contributed by atoms with Crippen molar-refractivity contribution < 1.29 is 9.53 Å². The number of nitrogens with zero attached hydrogens (tertiary/aromatic N) is 4. The van der Waals surface area contributed by atoms with Gasteiger partial charge in [0.15, 0.2) is 5.82 Å². The SMILES string of the molecule is O=C(c1nsc2cc(Nc3n[nH]c4cccnc34)ccc12)N1CCCOCC1. The van der Waals surface area contributed by atoms with Crippen LogP contribution in [0.1, 0.15) is 16.9 Å². The maximum atomic E-state index is 12.9. The van der Waals surface area contributed by atoms with Crippen LogP contribution in [0.2, 0.25) is 0 Å². The predicted molar refractivity (Wildman–Crippen MR) is 108 cm³/mol. The molecule has 0 spiro atoms. The third-order valence-electron chi connectivity index (χ3n) is 4.77. The Labute approximate surface area is 164 Å². The van der Waals surface area contributed by atoms with Gasteiger partial charge in [0.2, 0.25) is 0 Å². The van der Waals surface area contributed by atoms with Crippen molar-refractivity contribution in [1.29, 1.82) is 0 Å². The van der Waals surface area contributed by atoms with Gasteiger partial charge in [0.05, 0.1) is 16.8 Å². The molecule has 2 N–H and O–H groups in total. The van der Waals surface area contributed by atoms with Crippen LogP contribution in [-0.4, -0.2) is 56.7 Å². The van der Waals surface area contributed by atoms with Crippen molar-refractivity contribution in [2.75, 3.05) is 31.6 Å². The number of pyridine rings is 1. The van der Waals surface area contributed by atoms with E-state index >= 15 is 0 Å². The number of H-pyrrole nitrogens is 1. The first-order chi connectivity index (χ1) is 13.8. The topological polar surface area (TPSA) is 96.0 Å². The van der Waals surface area contributed by atoms with Crippen LogP contribution in [0.25, 0.3) is 21.1 Å². The number of nitrogens with one attached hydrogen (secondary N) is 2. The first-order valence-electron chi connectivity index (χ1n) is 9.12. The fourth-order valence-electron chi connectivity index (χ4n) is 3.35. The van der Waals surface area contributed by atoms with Crippen LogP contribution >= 0.6 is 11.5 Å². The van der Waals surface area contributed by atoms with E-state index in [0.29, 0.717) is 37.8 Å². The monoisotopic (exact) mass is 394 g/mol. The zero-order valence-electron chi connectivity index (χ0n) is 15.0. The molecule has 5 rings (SSSR count). The molecule has 3 aromatic heterocycles. The Hall–Kier alpha value is -3.04. The number of hydrogen-bond donors (Lipinski definition) is 2. The fourth-order valence-corrected chi connectivity index (χ4v) is 4.15. The molecule has 142 valence electrons. The van der Waals surface area contributed by atoms with Crippen molar-refractivity contribution >= 4 is 50.1 Å². The van der Waals surface area contributed by atoms with Gasteiger partial charge in [-0.3, -0.25) is 14.9 Å². The molecule has 0 unspecified atom stereocenters. The lowest BCUT2D eigenvalue weighted by Gasteiger charge is -2.18. The van der Waals surface area contributed by atoms with E-state index in [2.05, 4.69) is 24.9 Å². The summed E-state index contributed by atoms with van der Waals surface area (Å²) in [4.78, 5) is 19.1. The summed E-state index contributed by atoms with van der Waals surface area (Å²) in [5.74, 6) is 0.639. The summed E-state index contributed by atoms with van der Waals surface area (Å²) in [6, 6.07) is 9.65. The summed E-state index contributed by atoms with van der Waals surface area (Å²) in [5, 5.41) is 11.4. The van der Waals surface area contributed by atoms with Crippen molar-refractivity contribution in [3.63, 3.8) is 0 Å². The number of benzene rings is 1. The van der Waals surface area contributed by atoms with Crippen molar-refractivity contribution in [3.8, 4) is 0 Å². The number of aromatic nitrogens is 4. The molecule has 0 bridgehead atoms. The highest BCUT2D eigenvalue weighted by atomic mass is 32.1. The molecule has 28 heavy (non-hydrogen) atoms. The van der Waals surface area contributed by atoms with Gasteiger partial charge in [-0.25, -0.2) is 0 Å². The highest BCUT2D eigenvalue weighted by Gasteiger charge is 2.22. The summed E-state index contributed by atoms with van der Waals surface area (Å²) < 4.78 is 10.8. The minimum atomic E-state index is -0.0278. The number of carbonyl (C=O) groups is 1. The van der Waals surface area contributed by atoms with Gasteiger partial charge in [-0.1, -0.05) is 0 Å². The van der Waals surface area contributed by atoms with Crippen molar-refractivity contribution in [3.05, 3.63) is 42.2 Å². The van der Waals surface area contributed by atoms with Gasteiger partial charge in [0, 0.05) is 37.0 Å². The molecule has 1 aliphatic rings. The maximum Gasteiger partial charge on any atom is 0.274 e. The number of carbonyl (C=O) groups excluding carboxylic acids is 1. The van der Waals surface area contributed by atoms with Crippen LogP contribution < -0.4 is 5.32 Å². The molecule has 4 aromatic rings. The molecule has 1 fully saturated rings. The smallest absolute Gasteiger partial charge is 0.274 e. The van der Waals surface area contributed by atoms with Gasteiger partial charge in [0.25, 0.3) is 5.91 Å². The molecule has 0 atom stereocenters. The van der Waals surface area contributed by atoms with E-state index in [1.54, 1.807) is 6.20 Å². The molecule has 1 amide bonds. The molecule has 4 heterocycles. The van der Waals surface area contributed by atoms with Crippen LogP contribution in [0.15, 0.2) is 36.5 Å². The van der Waals surface area contributed by atoms with Crippen LogP contribution in [0.4, 0.5) is 11.5 Å². The van der Waals surface area contributed by atoms with Gasteiger partial charge >= 0.3 is 0 Å². The molecular formula is C19H18N6O2S. The Morgan fingerprint density at radius 1 is 1.25 bits per heavy atom. The maximum absolute atomic E-state index is 12.9. The average molecular weight is 394 g/mol. The highest BCUT2D eigenvalue weighted by Crippen LogP contribution is 2.29. The Morgan fingerprint density at radius 2 is 2.21 bits per heavy atom. The molecular weight excluding hydrogens is 376 g/mol. The number of fused-ring (bicyclic) bond motifs is 2. The highest BCUT2D eigenvalue weighted by molar-refractivity contribution is 7.13. The first kappa shape index (κ1) is 17.1. The van der Waals surface area contributed by atoms with E-state index < -0.39 is 0 Å². The van der Waals surface area contributed by atoms with E-state index in [0.717, 1.165) is 33.2 Å². The number of hydrogen-bond acceptors (Lipinski definition) is 7. The average Bonchev–Trinajstić information content (AvgIpc) is 3.22. The molecule has 0 saturated carbocycles. The Kier molecular flexibility index (Phi) is 4.38. The Bertz CT molecular complexity index is 1150. The minimum absolute atomic E-state index is 0.0278. The van der Waals surface area contributed by atoms with Crippen LogP contribution in [0.5, 0.6) is 0 Å². The van der Waals surface area contributed by atoms with Gasteiger partial charge in [-0.05, 0) is 48.3 Å². The predicted octanol–water partition coefficient (Wildman–Crippen LogP) is 3.17. The van der Waals surface area contributed by atoms with E-state index in [9.17, 15) is 4.79 Å². The summed E-state index contributed by atoms with van der Waals surface area (Å²) in [6.45, 7) is 2.59. The second-order valence-electron chi connectivity index (χ2n) is 6.60. The number of rotatable bonds is 3. The zero-order valence-corrected chi connectivity index (χ0v) is 15.8. The van der Waals surface area contributed by atoms with E-state index in [4.69, 9.17) is 4.74 Å². The summed E-state index contributed by atoms with van der Waals surface area (Å²) >= 11 is 1.33. The van der Waals surface area contributed by atoms with Crippen molar-refractivity contribution in [2.45, 2.75) is 6.42 Å². The van der Waals surface area contributed by atoms with Crippen LogP contribution in [0, 0.1) is 0 Å². The van der Waals surface area contributed by atoms with E-state index in [1.165, 1.54) is 11.5 Å². The minimum Gasteiger partial charge on any atom is -0.380 e. The quantitative estimate of drug-likeness (QED) is 0.554. The van der Waals surface area contributed by atoms with Crippen molar-refractivity contribution in [1.82, 2.24) is 24.5 Å².